The minimum atomic E-state index is -2.58. The molecule has 0 radical (unpaired) electrons. The minimum Gasteiger partial charge on any atom is -0.201 e. The standard InChI is InChI=1S/C30H40N/c1-21-15-22(2)27(17-26(21)23-13-11-10-12-14-23)28-16-24(18-29(3,4)5)25(20-31(28)9)19-30(6,7)8/h10-17,20H,18-19H2,1-9H3/q+1/i1D3,10D,11D,12D,13D,18D2,19D2. The summed E-state index contributed by atoms with van der Waals surface area (Å²) in [7, 11) is 1.72. The number of benzene rings is 2. The van der Waals surface area contributed by atoms with E-state index < -0.39 is 42.5 Å². The topological polar surface area (TPSA) is 3.88 Å². The summed E-state index contributed by atoms with van der Waals surface area (Å²) >= 11 is 0. The molecule has 164 valence electrons. The van der Waals surface area contributed by atoms with Crippen molar-refractivity contribution >= 4 is 0 Å². The summed E-state index contributed by atoms with van der Waals surface area (Å²) in [5.41, 5.74) is 0.346. The summed E-state index contributed by atoms with van der Waals surface area (Å²) in [6.45, 7) is 9.72. The number of nitrogens with zero attached hydrogens (tertiary/aromatic N) is 1. The molecule has 0 atom stereocenters. The first kappa shape index (κ1) is 12.6. The smallest absolute Gasteiger partial charge is 0.201 e. The zero-order chi connectivity index (χ0) is 32.5. The van der Waals surface area contributed by atoms with Gasteiger partial charge in [-0.3, -0.25) is 0 Å². The number of hydrogen-bond acceptors (Lipinski definition) is 0. The Balaban J connectivity index is 2.52. The van der Waals surface area contributed by atoms with E-state index in [1.165, 1.54) is 12.1 Å². The largest absolute Gasteiger partial charge is 0.212 e. The van der Waals surface area contributed by atoms with Gasteiger partial charge in [0.1, 0.15) is 7.05 Å². The Morgan fingerprint density at radius 1 is 0.871 bits per heavy atom. The Labute approximate surface area is 205 Å². The average molecular weight is 426 g/mol. The molecule has 2 aromatic carbocycles. The van der Waals surface area contributed by atoms with Gasteiger partial charge in [0.2, 0.25) is 5.69 Å². The minimum absolute atomic E-state index is 0.0435. The molecular formula is C30H40N+. The van der Waals surface area contributed by atoms with E-state index in [1.54, 1.807) is 78.4 Å². The van der Waals surface area contributed by atoms with Gasteiger partial charge in [0.15, 0.2) is 6.20 Å². The van der Waals surface area contributed by atoms with Gasteiger partial charge in [0.25, 0.3) is 0 Å². The molecule has 0 aliphatic carbocycles. The number of aryl methyl sites for hydroxylation is 3. The van der Waals surface area contributed by atoms with Crippen molar-refractivity contribution in [3.8, 4) is 22.4 Å². The van der Waals surface area contributed by atoms with Gasteiger partial charge >= 0.3 is 0 Å². The highest BCUT2D eigenvalue weighted by Crippen LogP contribution is 2.34. The van der Waals surface area contributed by atoms with Crippen molar-refractivity contribution in [2.24, 2.45) is 17.9 Å². The van der Waals surface area contributed by atoms with E-state index in [1.807, 2.05) is 0 Å². The van der Waals surface area contributed by atoms with E-state index in [9.17, 15) is 0 Å². The van der Waals surface area contributed by atoms with Crippen LogP contribution in [0.25, 0.3) is 22.4 Å². The third-order valence-electron chi connectivity index (χ3n) is 4.77. The second kappa shape index (κ2) is 8.61. The molecule has 0 aliphatic rings. The fraction of sp³-hybridized carbons (Fsp3) is 0.433. The van der Waals surface area contributed by atoms with E-state index >= 15 is 0 Å². The monoisotopic (exact) mass is 425 g/mol. The highest BCUT2D eigenvalue weighted by Gasteiger charge is 2.24. The normalized spacial score (nSPS) is 18.8. The van der Waals surface area contributed by atoms with Gasteiger partial charge < -0.3 is 0 Å². The molecule has 0 bridgehead atoms. The molecule has 0 fully saturated rings. The van der Waals surface area contributed by atoms with Crippen molar-refractivity contribution in [1.29, 1.82) is 0 Å². The maximum absolute atomic E-state index is 9.15. The molecule has 3 aromatic rings. The maximum atomic E-state index is 9.15. The van der Waals surface area contributed by atoms with E-state index in [4.69, 9.17) is 15.1 Å². The molecule has 0 aliphatic heterocycles. The Bertz CT molecular complexity index is 1540. The van der Waals surface area contributed by atoms with Gasteiger partial charge in [0, 0.05) is 26.8 Å². The molecular weight excluding hydrogens is 374 g/mol. The molecule has 0 amide bonds. The number of hydrogen-bond donors (Lipinski definition) is 0. The molecule has 1 heteroatoms. The lowest BCUT2D eigenvalue weighted by Crippen LogP contribution is -2.33. The highest BCUT2D eigenvalue weighted by atomic mass is 14.9. The maximum Gasteiger partial charge on any atom is 0.212 e. The van der Waals surface area contributed by atoms with Crippen LogP contribution in [0.5, 0.6) is 0 Å². The molecule has 31 heavy (non-hydrogen) atoms. The summed E-state index contributed by atoms with van der Waals surface area (Å²) in [6.07, 6.45) is -2.27. The molecule has 1 aromatic heterocycles. The molecule has 0 saturated carbocycles. The Morgan fingerprint density at radius 3 is 2.19 bits per heavy atom. The predicted molar refractivity (Wildman–Crippen MR) is 134 cm³/mol. The van der Waals surface area contributed by atoms with Crippen LogP contribution in [0, 0.1) is 24.6 Å². The Kier molecular flexibility index (Phi) is 3.50. The van der Waals surface area contributed by atoms with Gasteiger partial charge in [-0.15, -0.1) is 0 Å². The van der Waals surface area contributed by atoms with Crippen molar-refractivity contribution in [3.63, 3.8) is 0 Å². The molecule has 1 heterocycles. The van der Waals surface area contributed by atoms with Crippen LogP contribution >= 0.6 is 0 Å². The van der Waals surface area contributed by atoms with Crippen LogP contribution in [0.2, 0.25) is 0 Å². The van der Waals surface area contributed by atoms with Crippen LogP contribution in [0.3, 0.4) is 0 Å². The van der Waals surface area contributed by atoms with E-state index in [0.29, 0.717) is 16.8 Å². The molecule has 1 nitrogen and oxygen atoms in total. The van der Waals surface area contributed by atoms with Gasteiger partial charge in [-0.05, 0) is 71.2 Å². The van der Waals surface area contributed by atoms with Crippen molar-refractivity contribution in [1.82, 2.24) is 0 Å². The lowest BCUT2D eigenvalue weighted by atomic mass is 9.81. The first-order valence-corrected chi connectivity index (χ1v) is 10.5. The van der Waals surface area contributed by atoms with Crippen LogP contribution in [-0.4, -0.2) is 0 Å². The van der Waals surface area contributed by atoms with Crippen molar-refractivity contribution < 1.29 is 19.6 Å². The Morgan fingerprint density at radius 2 is 1.55 bits per heavy atom. The SMILES string of the molecule is [2H]c1cc(-c2cc(-c3cc(C([2H])([2H])C(C)(C)C)c(C([2H])([2H])C(C)(C)C)c[n+]3C)c(C)cc2C([2H])([2H])[2H])c([2H])c([2H])c1[2H]. The number of pyridine rings is 1. The lowest BCUT2D eigenvalue weighted by molar-refractivity contribution is -0.660. The zero-order valence-corrected chi connectivity index (χ0v) is 19.8. The van der Waals surface area contributed by atoms with Gasteiger partial charge in [0.05, 0.1) is 5.48 Å². The molecule has 0 N–H and O–H groups in total. The lowest BCUT2D eigenvalue weighted by Gasteiger charge is -2.24. The third-order valence-corrected chi connectivity index (χ3v) is 4.77. The quantitative estimate of drug-likeness (QED) is 0.378. The van der Waals surface area contributed by atoms with Gasteiger partial charge in [-0.1, -0.05) is 77.8 Å². The second-order valence-electron chi connectivity index (χ2n) is 10.1. The first-order chi connectivity index (χ1) is 18.7. The summed E-state index contributed by atoms with van der Waals surface area (Å²) in [5.74, 6) is 0. The third kappa shape index (κ3) is 5.85. The molecule has 0 spiro atoms. The molecule has 3 rings (SSSR count). The fourth-order valence-electron chi connectivity index (χ4n) is 3.56. The summed E-state index contributed by atoms with van der Waals surface area (Å²) in [6, 6.07) is 4.37. The fourth-order valence-corrected chi connectivity index (χ4v) is 3.56. The number of aromatic nitrogens is 1. The summed E-state index contributed by atoms with van der Waals surface area (Å²) in [4.78, 5) is 0. The first-order valence-electron chi connectivity index (χ1n) is 16.0. The zero-order valence-electron chi connectivity index (χ0n) is 30.8. The predicted octanol–water partition coefficient (Wildman–Crippen LogP) is 7.64. The van der Waals surface area contributed by atoms with Crippen molar-refractivity contribution in [2.75, 3.05) is 0 Å². The summed E-state index contributed by atoms with van der Waals surface area (Å²) in [5, 5.41) is 0. The number of rotatable bonds is 4. The highest BCUT2D eigenvalue weighted by molar-refractivity contribution is 5.75. The van der Waals surface area contributed by atoms with Gasteiger partial charge in [-0.2, -0.15) is 0 Å². The van der Waals surface area contributed by atoms with E-state index in [-0.39, 0.29) is 39.9 Å². The van der Waals surface area contributed by atoms with E-state index in [0.717, 1.165) is 0 Å². The van der Waals surface area contributed by atoms with Crippen LogP contribution in [0.1, 0.15) is 78.9 Å². The molecule has 0 unspecified atom stereocenters. The van der Waals surface area contributed by atoms with Crippen LogP contribution in [-0.2, 0) is 19.8 Å². The Hall–Kier alpha value is -2.41. The average Bonchev–Trinajstić information content (AvgIpc) is 2.82. The van der Waals surface area contributed by atoms with Crippen LogP contribution in [0.4, 0.5) is 0 Å². The molecule has 0 saturated heterocycles. The van der Waals surface area contributed by atoms with Gasteiger partial charge in [-0.25, -0.2) is 4.57 Å². The van der Waals surface area contributed by atoms with Crippen LogP contribution < -0.4 is 4.57 Å². The van der Waals surface area contributed by atoms with Crippen molar-refractivity contribution in [2.45, 2.75) is 68.1 Å². The summed E-state index contributed by atoms with van der Waals surface area (Å²) < 4.78 is 95.4. The van der Waals surface area contributed by atoms with E-state index in [2.05, 4.69) is 0 Å². The second-order valence-corrected chi connectivity index (χ2v) is 10.1. The van der Waals surface area contributed by atoms with Crippen molar-refractivity contribution in [3.05, 3.63) is 76.9 Å². The van der Waals surface area contributed by atoms with Crippen LogP contribution in [0.15, 0.2) is 54.6 Å².